The molecular formula is C17H15N3O3. The van der Waals surface area contributed by atoms with Crippen molar-refractivity contribution in [2.75, 3.05) is 18.0 Å². The molecule has 0 radical (unpaired) electrons. The number of benzodiazepines with no additional fused rings is 1. The van der Waals surface area contributed by atoms with Gasteiger partial charge in [-0.15, -0.1) is 0 Å². The lowest BCUT2D eigenvalue weighted by atomic mass is 10.00. The smallest absolute Gasteiger partial charge is 0.249 e. The summed E-state index contributed by atoms with van der Waals surface area (Å²) in [5, 5.41) is 9.69. The van der Waals surface area contributed by atoms with Gasteiger partial charge in [-0.2, -0.15) is 0 Å². The third-order valence-electron chi connectivity index (χ3n) is 3.56. The maximum atomic E-state index is 12.3. The second-order valence-electron chi connectivity index (χ2n) is 5.18. The quantitative estimate of drug-likeness (QED) is 0.887. The van der Waals surface area contributed by atoms with Crippen molar-refractivity contribution in [3.63, 3.8) is 0 Å². The molecule has 0 fully saturated rings. The molecule has 3 N–H and O–H groups in total. The minimum atomic E-state index is -0.589. The molecule has 0 unspecified atom stereocenters. The Kier molecular flexibility index (Phi) is 3.80. The van der Waals surface area contributed by atoms with Crippen molar-refractivity contribution in [2.45, 2.75) is 0 Å². The Labute approximate surface area is 132 Å². The maximum absolute atomic E-state index is 12.3. The number of fused-ring (bicyclic) bond motifs is 1. The average molecular weight is 309 g/mol. The summed E-state index contributed by atoms with van der Waals surface area (Å²) >= 11 is 0. The summed E-state index contributed by atoms with van der Waals surface area (Å²) in [6.45, 7) is -0.286. The number of rotatable bonds is 3. The molecule has 0 bridgehead atoms. The minimum Gasteiger partial charge on any atom is -0.508 e. The van der Waals surface area contributed by atoms with Crippen LogP contribution in [0.5, 0.6) is 5.75 Å². The van der Waals surface area contributed by atoms with Crippen molar-refractivity contribution in [2.24, 2.45) is 10.7 Å². The van der Waals surface area contributed by atoms with Crippen LogP contribution < -0.4 is 10.6 Å². The summed E-state index contributed by atoms with van der Waals surface area (Å²) in [6, 6.07) is 13.9. The molecular weight excluding hydrogens is 294 g/mol. The minimum absolute atomic E-state index is 0.0903. The van der Waals surface area contributed by atoms with Crippen LogP contribution in [0, 0.1) is 0 Å². The number of anilines is 1. The van der Waals surface area contributed by atoms with E-state index in [9.17, 15) is 14.7 Å². The first-order valence-corrected chi connectivity index (χ1v) is 7.08. The zero-order chi connectivity index (χ0) is 16.4. The van der Waals surface area contributed by atoms with Crippen LogP contribution in [0.1, 0.15) is 11.1 Å². The fraction of sp³-hybridized carbons (Fsp3) is 0.118. The molecule has 2 aromatic carbocycles. The molecule has 0 saturated carbocycles. The molecule has 6 heteroatoms. The van der Waals surface area contributed by atoms with Crippen molar-refractivity contribution < 1.29 is 14.7 Å². The first-order valence-electron chi connectivity index (χ1n) is 7.08. The molecule has 2 aromatic rings. The number of hydrogen-bond donors (Lipinski definition) is 2. The summed E-state index contributed by atoms with van der Waals surface area (Å²) in [5.41, 5.74) is 7.84. The highest BCUT2D eigenvalue weighted by Crippen LogP contribution is 2.27. The number of phenols is 1. The van der Waals surface area contributed by atoms with E-state index >= 15 is 0 Å². The summed E-state index contributed by atoms with van der Waals surface area (Å²) in [7, 11) is 0. The van der Waals surface area contributed by atoms with Crippen LogP contribution in [-0.4, -0.2) is 35.7 Å². The lowest BCUT2D eigenvalue weighted by Gasteiger charge is -2.21. The van der Waals surface area contributed by atoms with E-state index < -0.39 is 5.91 Å². The van der Waals surface area contributed by atoms with Crippen LogP contribution in [0.2, 0.25) is 0 Å². The number of amides is 2. The second-order valence-corrected chi connectivity index (χ2v) is 5.18. The molecule has 1 aliphatic heterocycles. The number of aliphatic imine (C=N–C) groups is 1. The highest BCUT2D eigenvalue weighted by molar-refractivity contribution is 6.20. The Bertz CT molecular complexity index is 814. The molecule has 1 aliphatic rings. The Morgan fingerprint density at radius 2 is 2.00 bits per heavy atom. The lowest BCUT2D eigenvalue weighted by molar-refractivity contribution is -0.121. The number of nitrogens with two attached hydrogens (primary N) is 1. The molecule has 0 atom stereocenters. The van der Waals surface area contributed by atoms with Crippen molar-refractivity contribution in [1.29, 1.82) is 0 Å². The van der Waals surface area contributed by atoms with Crippen molar-refractivity contribution >= 4 is 23.2 Å². The van der Waals surface area contributed by atoms with Gasteiger partial charge < -0.3 is 15.7 Å². The van der Waals surface area contributed by atoms with Gasteiger partial charge in [0, 0.05) is 11.1 Å². The molecule has 0 aromatic heterocycles. The number of carbonyl (C=O) groups excluding carboxylic acids is 2. The van der Waals surface area contributed by atoms with Crippen molar-refractivity contribution in [3.8, 4) is 5.75 Å². The fourth-order valence-electron chi connectivity index (χ4n) is 2.59. The zero-order valence-corrected chi connectivity index (χ0v) is 12.3. The van der Waals surface area contributed by atoms with Gasteiger partial charge in [0.1, 0.15) is 18.8 Å². The SMILES string of the molecule is NC(=O)CN1C(=O)CN=C(c2cccc(O)c2)c2ccccc21. The number of hydrogen-bond acceptors (Lipinski definition) is 4. The van der Waals surface area contributed by atoms with Crippen LogP contribution in [0.4, 0.5) is 5.69 Å². The number of nitrogens with zero attached hydrogens (tertiary/aromatic N) is 2. The Hall–Kier alpha value is -3.15. The highest BCUT2D eigenvalue weighted by atomic mass is 16.3. The molecule has 23 heavy (non-hydrogen) atoms. The van der Waals surface area contributed by atoms with E-state index in [1.165, 1.54) is 4.90 Å². The predicted octanol–water partition coefficient (Wildman–Crippen LogP) is 1.06. The first kappa shape index (κ1) is 14.8. The van der Waals surface area contributed by atoms with Gasteiger partial charge in [0.25, 0.3) is 0 Å². The molecule has 2 amide bonds. The van der Waals surface area contributed by atoms with E-state index in [2.05, 4.69) is 4.99 Å². The van der Waals surface area contributed by atoms with Gasteiger partial charge in [-0.3, -0.25) is 14.6 Å². The monoisotopic (exact) mass is 309 g/mol. The normalized spacial score (nSPS) is 14.0. The van der Waals surface area contributed by atoms with Crippen LogP contribution in [0.3, 0.4) is 0 Å². The van der Waals surface area contributed by atoms with Gasteiger partial charge in [0.05, 0.1) is 11.4 Å². The van der Waals surface area contributed by atoms with Gasteiger partial charge >= 0.3 is 0 Å². The maximum Gasteiger partial charge on any atom is 0.249 e. The fourth-order valence-corrected chi connectivity index (χ4v) is 2.59. The van der Waals surface area contributed by atoms with Crippen LogP contribution >= 0.6 is 0 Å². The van der Waals surface area contributed by atoms with Gasteiger partial charge in [-0.1, -0.05) is 30.3 Å². The average Bonchev–Trinajstić information content (AvgIpc) is 2.65. The molecule has 6 nitrogen and oxygen atoms in total. The Morgan fingerprint density at radius 1 is 1.22 bits per heavy atom. The third kappa shape index (κ3) is 2.91. The zero-order valence-electron chi connectivity index (χ0n) is 12.3. The predicted molar refractivity (Wildman–Crippen MR) is 86.6 cm³/mol. The number of primary amides is 1. The van der Waals surface area contributed by atoms with E-state index in [-0.39, 0.29) is 24.7 Å². The number of phenolic OH excluding ortho intramolecular Hbond substituents is 1. The van der Waals surface area contributed by atoms with Crippen LogP contribution in [0.15, 0.2) is 53.5 Å². The topological polar surface area (TPSA) is 96.0 Å². The van der Waals surface area contributed by atoms with E-state index in [1.54, 1.807) is 30.3 Å². The van der Waals surface area contributed by atoms with Crippen molar-refractivity contribution in [1.82, 2.24) is 0 Å². The highest BCUT2D eigenvalue weighted by Gasteiger charge is 2.25. The first-order chi connectivity index (χ1) is 11.1. The molecule has 0 saturated heterocycles. The van der Waals surface area contributed by atoms with E-state index in [4.69, 9.17) is 5.73 Å². The van der Waals surface area contributed by atoms with E-state index in [0.717, 1.165) is 0 Å². The molecule has 1 heterocycles. The number of aromatic hydroxyl groups is 1. The van der Waals surface area contributed by atoms with Gasteiger partial charge in [-0.05, 0) is 18.2 Å². The lowest BCUT2D eigenvalue weighted by Crippen LogP contribution is -2.39. The van der Waals surface area contributed by atoms with E-state index in [0.29, 0.717) is 22.5 Å². The second kappa shape index (κ2) is 5.92. The summed E-state index contributed by atoms with van der Waals surface area (Å²) in [6.07, 6.45) is 0. The largest absolute Gasteiger partial charge is 0.508 e. The van der Waals surface area contributed by atoms with Gasteiger partial charge in [0.2, 0.25) is 11.8 Å². The number of para-hydroxylation sites is 1. The Morgan fingerprint density at radius 3 is 2.74 bits per heavy atom. The molecule has 0 spiro atoms. The summed E-state index contributed by atoms with van der Waals surface area (Å²) < 4.78 is 0. The van der Waals surface area contributed by atoms with Gasteiger partial charge in [-0.25, -0.2) is 0 Å². The number of benzene rings is 2. The molecule has 116 valence electrons. The van der Waals surface area contributed by atoms with Gasteiger partial charge in [0.15, 0.2) is 0 Å². The number of carbonyl (C=O) groups is 2. The summed E-state index contributed by atoms with van der Waals surface area (Å²) in [4.78, 5) is 29.3. The van der Waals surface area contributed by atoms with Crippen LogP contribution in [0.25, 0.3) is 0 Å². The van der Waals surface area contributed by atoms with Crippen LogP contribution in [-0.2, 0) is 9.59 Å². The summed E-state index contributed by atoms with van der Waals surface area (Å²) in [5.74, 6) is -0.771. The molecule has 0 aliphatic carbocycles. The molecule has 3 rings (SSSR count). The van der Waals surface area contributed by atoms with Crippen molar-refractivity contribution in [3.05, 3.63) is 59.7 Å². The van der Waals surface area contributed by atoms with E-state index in [1.807, 2.05) is 18.2 Å². The third-order valence-corrected chi connectivity index (χ3v) is 3.56. The Balaban J connectivity index is 2.15. The standard InChI is InChI=1S/C17H15N3O3/c18-15(22)10-20-14-7-2-1-6-13(14)17(19-9-16(20)23)11-4-3-5-12(21)8-11/h1-8,21H,9-10H2,(H2,18,22).